The Morgan fingerprint density at radius 2 is 2.09 bits per heavy atom. The van der Waals surface area contributed by atoms with E-state index in [2.05, 4.69) is 49.7 Å². The standard InChI is InChI=1S/C16H28N4OS/c1-7-20-9-8-12(11(2)10-20)19(6)14(21)13-17-18-15(22-13)16(3,4)5/h11-12H,7-10H2,1-6H3. The van der Waals surface area contributed by atoms with Gasteiger partial charge in [-0.15, -0.1) is 10.2 Å². The van der Waals surface area contributed by atoms with E-state index >= 15 is 0 Å². The maximum absolute atomic E-state index is 12.7. The minimum atomic E-state index is -0.0610. The number of nitrogens with zero attached hydrogens (tertiary/aromatic N) is 4. The van der Waals surface area contributed by atoms with Gasteiger partial charge in [0.1, 0.15) is 5.01 Å². The number of carbonyl (C=O) groups excluding carboxylic acids is 1. The Balaban J connectivity index is 2.07. The van der Waals surface area contributed by atoms with Gasteiger partial charge in [-0.25, -0.2) is 0 Å². The normalized spacial score (nSPS) is 23.5. The molecule has 0 saturated carbocycles. The molecule has 2 heterocycles. The van der Waals surface area contributed by atoms with Crippen molar-refractivity contribution in [2.45, 2.75) is 52.5 Å². The molecule has 22 heavy (non-hydrogen) atoms. The van der Waals surface area contributed by atoms with Crippen molar-refractivity contribution in [2.24, 2.45) is 5.92 Å². The lowest BCUT2D eigenvalue weighted by atomic mass is 9.92. The topological polar surface area (TPSA) is 49.3 Å². The van der Waals surface area contributed by atoms with Crippen molar-refractivity contribution in [3.63, 3.8) is 0 Å². The van der Waals surface area contributed by atoms with Crippen LogP contribution in [0.4, 0.5) is 0 Å². The molecule has 124 valence electrons. The van der Waals surface area contributed by atoms with Crippen LogP contribution in [0.15, 0.2) is 0 Å². The number of carbonyl (C=O) groups is 1. The van der Waals surface area contributed by atoms with Gasteiger partial charge in [-0.2, -0.15) is 0 Å². The predicted octanol–water partition coefficient (Wildman–Crippen LogP) is 2.64. The Morgan fingerprint density at radius 3 is 2.59 bits per heavy atom. The van der Waals surface area contributed by atoms with Crippen molar-refractivity contribution in [1.82, 2.24) is 20.0 Å². The smallest absolute Gasteiger partial charge is 0.284 e. The molecule has 6 heteroatoms. The predicted molar refractivity (Wildman–Crippen MR) is 90.4 cm³/mol. The van der Waals surface area contributed by atoms with Gasteiger partial charge in [0.15, 0.2) is 0 Å². The number of likely N-dealkylation sites (tertiary alicyclic amines) is 1. The quantitative estimate of drug-likeness (QED) is 0.857. The molecular formula is C16H28N4OS. The minimum Gasteiger partial charge on any atom is -0.336 e. The summed E-state index contributed by atoms with van der Waals surface area (Å²) in [4.78, 5) is 17.0. The summed E-state index contributed by atoms with van der Waals surface area (Å²) in [5.74, 6) is 0.493. The van der Waals surface area contributed by atoms with Crippen LogP contribution in [0.1, 0.15) is 55.8 Å². The molecular weight excluding hydrogens is 296 g/mol. The van der Waals surface area contributed by atoms with E-state index in [0.29, 0.717) is 10.9 Å². The number of hydrogen-bond donors (Lipinski definition) is 0. The number of amides is 1. The summed E-state index contributed by atoms with van der Waals surface area (Å²) in [6.45, 7) is 13.9. The summed E-state index contributed by atoms with van der Waals surface area (Å²) in [5.41, 5.74) is -0.0610. The van der Waals surface area contributed by atoms with Crippen molar-refractivity contribution in [3.05, 3.63) is 10.0 Å². The molecule has 2 unspecified atom stereocenters. The SMILES string of the molecule is CCN1CCC(N(C)C(=O)c2nnc(C(C)(C)C)s2)C(C)C1. The molecule has 0 spiro atoms. The zero-order valence-corrected chi connectivity index (χ0v) is 15.4. The summed E-state index contributed by atoms with van der Waals surface area (Å²) in [7, 11) is 1.91. The molecule has 0 radical (unpaired) electrons. The van der Waals surface area contributed by atoms with E-state index in [1.54, 1.807) is 0 Å². The summed E-state index contributed by atoms with van der Waals surface area (Å²) in [5, 5.41) is 9.74. The summed E-state index contributed by atoms with van der Waals surface area (Å²) < 4.78 is 0. The van der Waals surface area contributed by atoms with Crippen molar-refractivity contribution in [2.75, 3.05) is 26.7 Å². The third kappa shape index (κ3) is 3.66. The van der Waals surface area contributed by atoms with Crippen LogP contribution >= 0.6 is 11.3 Å². The van der Waals surface area contributed by atoms with Crippen molar-refractivity contribution in [1.29, 1.82) is 0 Å². The number of hydrogen-bond acceptors (Lipinski definition) is 5. The molecule has 2 atom stereocenters. The largest absolute Gasteiger partial charge is 0.336 e. The molecule has 1 aromatic rings. The molecule has 0 aliphatic carbocycles. The lowest BCUT2D eigenvalue weighted by Crippen LogP contribution is -2.50. The first-order valence-corrected chi connectivity index (χ1v) is 8.89. The molecule has 1 aromatic heterocycles. The van der Waals surface area contributed by atoms with E-state index in [0.717, 1.165) is 31.1 Å². The molecule has 1 aliphatic heterocycles. The second-order valence-corrected chi connectivity index (χ2v) is 8.28. The molecule has 0 aromatic carbocycles. The molecule has 1 fully saturated rings. The Kier molecular flexibility index (Phi) is 5.22. The highest BCUT2D eigenvalue weighted by atomic mass is 32.1. The second kappa shape index (κ2) is 6.62. The first kappa shape index (κ1) is 17.3. The van der Waals surface area contributed by atoms with Crippen LogP contribution in [-0.4, -0.2) is 58.6 Å². The van der Waals surface area contributed by atoms with E-state index in [4.69, 9.17) is 0 Å². The Labute approximate surface area is 137 Å². The average Bonchev–Trinajstić information content (AvgIpc) is 2.95. The third-order valence-corrected chi connectivity index (χ3v) is 5.80. The van der Waals surface area contributed by atoms with Gasteiger partial charge in [-0.3, -0.25) is 4.79 Å². The van der Waals surface area contributed by atoms with Crippen LogP contribution in [-0.2, 0) is 5.41 Å². The van der Waals surface area contributed by atoms with Gasteiger partial charge in [0.05, 0.1) is 0 Å². The average molecular weight is 324 g/mol. The zero-order chi connectivity index (χ0) is 16.5. The van der Waals surface area contributed by atoms with Crippen LogP contribution < -0.4 is 0 Å². The van der Waals surface area contributed by atoms with Crippen LogP contribution in [0, 0.1) is 5.92 Å². The lowest BCUT2D eigenvalue weighted by Gasteiger charge is -2.40. The Bertz CT molecular complexity index is 522. The van der Waals surface area contributed by atoms with Gasteiger partial charge < -0.3 is 9.80 Å². The van der Waals surface area contributed by atoms with Crippen LogP contribution in [0.2, 0.25) is 0 Å². The highest BCUT2D eigenvalue weighted by Gasteiger charge is 2.32. The first-order chi connectivity index (χ1) is 10.2. The summed E-state index contributed by atoms with van der Waals surface area (Å²) in [6.07, 6.45) is 1.03. The van der Waals surface area contributed by atoms with Gasteiger partial charge in [-0.05, 0) is 18.9 Å². The fourth-order valence-electron chi connectivity index (χ4n) is 3.00. The molecule has 0 bridgehead atoms. The zero-order valence-electron chi connectivity index (χ0n) is 14.6. The van der Waals surface area contributed by atoms with Crippen LogP contribution in [0.3, 0.4) is 0 Å². The van der Waals surface area contributed by atoms with E-state index < -0.39 is 0 Å². The van der Waals surface area contributed by atoms with Crippen molar-refractivity contribution in [3.8, 4) is 0 Å². The van der Waals surface area contributed by atoms with E-state index in [1.807, 2.05) is 11.9 Å². The van der Waals surface area contributed by atoms with Gasteiger partial charge in [0.25, 0.3) is 5.91 Å². The molecule has 1 aliphatic rings. The van der Waals surface area contributed by atoms with E-state index in [1.165, 1.54) is 11.3 Å². The van der Waals surface area contributed by atoms with Gasteiger partial charge in [0.2, 0.25) is 5.01 Å². The van der Waals surface area contributed by atoms with Crippen LogP contribution in [0.5, 0.6) is 0 Å². The Morgan fingerprint density at radius 1 is 1.41 bits per heavy atom. The summed E-state index contributed by atoms with van der Waals surface area (Å²) in [6, 6.07) is 0.289. The van der Waals surface area contributed by atoms with E-state index in [9.17, 15) is 4.79 Å². The molecule has 5 nitrogen and oxygen atoms in total. The minimum absolute atomic E-state index is 0.00907. The third-order valence-electron chi connectivity index (χ3n) is 4.46. The monoisotopic (exact) mass is 324 g/mol. The Hall–Kier alpha value is -1.01. The fourth-order valence-corrected chi connectivity index (χ4v) is 3.88. The molecule has 0 N–H and O–H groups in total. The summed E-state index contributed by atoms with van der Waals surface area (Å²) >= 11 is 1.42. The van der Waals surface area contributed by atoms with Crippen molar-refractivity contribution < 1.29 is 4.79 Å². The fraction of sp³-hybridized carbons (Fsp3) is 0.812. The highest BCUT2D eigenvalue weighted by Crippen LogP contribution is 2.27. The van der Waals surface area contributed by atoms with Crippen molar-refractivity contribution >= 4 is 17.2 Å². The second-order valence-electron chi connectivity index (χ2n) is 7.30. The number of aromatic nitrogens is 2. The highest BCUT2D eigenvalue weighted by molar-refractivity contribution is 7.13. The maximum atomic E-state index is 12.7. The van der Waals surface area contributed by atoms with Gasteiger partial charge in [0, 0.05) is 31.6 Å². The number of piperidine rings is 1. The van der Waals surface area contributed by atoms with E-state index in [-0.39, 0.29) is 17.4 Å². The maximum Gasteiger partial charge on any atom is 0.284 e. The molecule has 1 saturated heterocycles. The number of rotatable bonds is 3. The molecule has 1 amide bonds. The lowest BCUT2D eigenvalue weighted by molar-refractivity contribution is 0.0519. The van der Waals surface area contributed by atoms with Gasteiger partial charge >= 0.3 is 0 Å². The first-order valence-electron chi connectivity index (χ1n) is 8.07. The van der Waals surface area contributed by atoms with Gasteiger partial charge in [-0.1, -0.05) is 46.0 Å². The molecule has 2 rings (SSSR count). The van der Waals surface area contributed by atoms with Crippen LogP contribution in [0.25, 0.3) is 0 Å².